The van der Waals surface area contributed by atoms with Gasteiger partial charge in [0.15, 0.2) is 0 Å². The SMILES string of the molecule is CCC(=O)On1c(Cc2ccccc2)ccc1-c1ccccc1. The summed E-state index contributed by atoms with van der Waals surface area (Å²) in [5.41, 5.74) is 4.05. The van der Waals surface area contributed by atoms with Crippen molar-refractivity contribution in [2.75, 3.05) is 0 Å². The maximum Gasteiger partial charge on any atom is 0.332 e. The molecule has 3 heteroatoms. The average Bonchev–Trinajstić information content (AvgIpc) is 2.99. The summed E-state index contributed by atoms with van der Waals surface area (Å²) in [6.07, 6.45) is 1.06. The number of hydrogen-bond donors (Lipinski definition) is 0. The van der Waals surface area contributed by atoms with E-state index in [0.717, 1.165) is 17.0 Å². The fourth-order valence-electron chi connectivity index (χ4n) is 2.50. The molecule has 23 heavy (non-hydrogen) atoms. The number of carbonyl (C=O) groups is 1. The predicted molar refractivity (Wildman–Crippen MR) is 91.0 cm³/mol. The molecule has 116 valence electrons. The Morgan fingerprint density at radius 1 is 0.913 bits per heavy atom. The molecule has 2 aromatic carbocycles. The fraction of sp³-hybridized carbons (Fsp3) is 0.150. The first-order valence-corrected chi connectivity index (χ1v) is 7.79. The summed E-state index contributed by atoms with van der Waals surface area (Å²) in [5.74, 6) is -0.243. The Morgan fingerprint density at radius 2 is 1.57 bits per heavy atom. The summed E-state index contributed by atoms with van der Waals surface area (Å²) >= 11 is 0. The molecule has 0 spiro atoms. The summed E-state index contributed by atoms with van der Waals surface area (Å²) in [4.78, 5) is 17.4. The number of hydrogen-bond acceptors (Lipinski definition) is 2. The minimum Gasteiger partial charge on any atom is -0.336 e. The highest BCUT2D eigenvalue weighted by atomic mass is 16.7. The van der Waals surface area contributed by atoms with E-state index in [1.807, 2.05) is 60.7 Å². The minimum atomic E-state index is -0.243. The molecule has 0 N–H and O–H groups in total. The van der Waals surface area contributed by atoms with Gasteiger partial charge in [0.1, 0.15) is 0 Å². The third-order valence-corrected chi connectivity index (χ3v) is 3.69. The van der Waals surface area contributed by atoms with Crippen LogP contribution in [-0.2, 0) is 11.2 Å². The summed E-state index contributed by atoms with van der Waals surface area (Å²) < 4.78 is 1.66. The number of benzene rings is 2. The molecular formula is C20H19NO2. The van der Waals surface area contributed by atoms with Crippen LogP contribution in [0, 0.1) is 0 Å². The largest absolute Gasteiger partial charge is 0.336 e. The van der Waals surface area contributed by atoms with Crippen LogP contribution in [0.3, 0.4) is 0 Å². The summed E-state index contributed by atoms with van der Waals surface area (Å²) in [7, 11) is 0. The lowest BCUT2D eigenvalue weighted by molar-refractivity contribution is -0.143. The van der Waals surface area contributed by atoms with Crippen molar-refractivity contribution in [3.05, 3.63) is 84.1 Å². The van der Waals surface area contributed by atoms with E-state index in [-0.39, 0.29) is 5.97 Å². The maximum absolute atomic E-state index is 11.8. The molecule has 0 aliphatic rings. The van der Waals surface area contributed by atoms with Gasteiger partial charge in [0.2, 0.25) is 0 Å². The molecule has 1 aromatic heterocycles. The van der Waals surface area contributed by atoms with Crippen molar-refractivity contribution < 1.29 is 9.63 Å². The van der Waals surface area contributed by atoms with Crippen molar-refractivity contribution in [3.63, 3.8) is 0 Å². The highest BCUT2D eigenvalue weighted by Gasteiger charge is 2.14. The molecule has 3 rings (SSSR count). The molecular weight excluding hydrogens is 286 g/mol. The van der Waals surface area contributed by atoms with E-state index in [9.17, 15) is 4.79 Å². The fourth-order valence-corrected chi connectivity index (χ4v) is 2.50. The lowest BCUT2D eigenvalue weighted by Gasteiger charge is -2.13. The molecule has 0 aliphatic carbocycles. The highest BCUT2D eigenvalue weighted by Crippen LogP contribution is 2.23. The first-order chi connectivity index (χ1) is 11.3. The van der Waals surface area contributed by atoms with Crippen molar-refractivity contribution in [2.45, 2.75) is 19.8 Å². The van der Waals surface area contributed by atoms with Crippen LogP contribution in [-0.4, -0.2) is 10.7 Å². The Balaban J connectivity index is 1.99. The van der Waals surface area contributed by atoms with Gasteiger partial charge in [-0.2, -0.15) is 4.73 Å². The van der Waals surface area contributed by atoms with E-state index < -0.39 is 0 Å². The van der Waals surface area contributed by atoms with Crippen molar-refractivity contribution in [1.29, 1.82) is 0 Å². The third-order valence-electron chi connectivity index (χ3n) is 3.69. The second-order valence-corrected chi connectivity index (χ2v) is 5.35. The second-order valence-electron chi connectivity index (χ2n) is 5.35. The van der Waals surface area contributed by atoms with Gasteiger partial charge in [0, 0.05) is 18.4 Å². The number of aromatic nitrogens is 1. The average molecular weight is 305 g/mol. The summed E-state index contributed by atoms with van der Waals surface area (Å²) in [5, 5.41) is 0. The smallest absolute Gasteiger partial charge is 0.332 e. The second kappa shape index (κ2) is 6.97. The minimum absolute atomic E-state index is 0.243. The third kappa shape index (κ3) is 3.51. The van der Waals surface area contributed by atoms with Crippen LogP contribution in [0.5, 0.6) is 0 Å². The first kappa shape index (κ1) is 15.1. The number of carbonyl (C=O) groups excluding carboxylic acids is 1. The zero-order valence-electron chi connectivity index (χ0n) is 13.1. The van der Waals surface area contributed by atoms with Gasteiger partial charge in [-0.15, -0.1) is 0 Å². The summed E-state index contributed by atoms with van der Waals surface area (Å²) in [6, 6.07) is 24.1. The molecule has 0 saturated carbocycles. The Kier molecular flexibility index (Phi) is 4.57. The van der Waals surface area contributed by atoms with Gasteiger partial charge in [-0.05, 0) is 17.7 Å². The normalized spacial score (nSPS) is 10.5. The maximum atomic E-state index is 11.8. The lowest BCUT2D eigenvalue weighted by Crippen LogP contribution is -2.21. The van der Waals surface area contributed by atoms with Crippen LogP contribution in [0.4, 0.5) is 0 Å². The standard InChI is InChI=1S/C20H19NO2/c1-2-20(22)23-21-18(15-16-9-5-3-6-10-16)13-14-19(21)17-11-7-4-8-12-17/h3-14H,2,15H2,1H3. The van der Waals surface area contributed by atoms with Crippen molar-refractivity contribution in [2.24, 2.45) is 0 Å². The lowest BCUT2D eigenvalue weighted by atomic mass is 10.1. The monoisotopic (exact) mass is 305 g/mol. The van der Waals surface area contributed by atoms with Gasteiger partial charge in [-0.1, -0.05) is 67.6 Å². The van der Waals surface area contributed by atoms with Gasteiger partial charge in [-0.25, -0.2) is 4.79 Å². The van der Waals surface area contributed by atoms with Gasteiger partial charge < -0.3 is 4.84 Å². The van der Waals surface area contributed by atoms with E-state index in [4.69, 9.17) is 4.84 Å². The van der Waals surface area contributed by atoms with E-state index in [1.54, 1.807) is 11.7 Å². The van der Waals surface area contributed by atoms with Gasteiger partial charge in [-0.3, -0.25) is 0 Å². The molecule has 0 atom stereocenters. The first-order valence-electron chi connectivity index (χ1n) is 7.79. The van der Waals surface area contributed by atoms with Crippen LogP contribution < -0.4 is 4.84 Å². The molecule has 0 bridgehead atoms. The number of nitrogens with zero attached hydrogens (tertiary/aromatic N) is 1. The Labute approximate surface area is 136 Å². The predicted octanol–water partition coefficient (Wildman–Crippen LogP) is 4.11. The van der Waals surface area contributed by atoms with E-state index in [0.29, 0.717) is 12.8 Å². The van der Waals surface area contributed by atoms with Gasteiger partial charge in [0.05, 0.1) is 11.4 Å². The molecule has 0 unspecified atom stereocenters. The molecule has 0 saturated heterocycles. The van der Waals surface area contributed by atoms with Gasteiger partial charge >= 0.3 is 5.97 Å². The summed E-state index contributed by atoms with van der Waals surface area (Å²) in [6.45, 7) is 1.80. The quantitative estimate of drug-likeness (QED) is 0.710. The molecule has 0 fully saturated rings. The van der Waals surface area contributed by atoms with E-state index in [1.165, 1.54) is 5.56 Å². The molecule has 0 aliphatic heterocycles. The zero-order chi connectivity index (χ0) is 16.1. The van der Waals surface area contributed by atoms with Crippen LogP contribution in [0.2, 0.25) is 0 Å². The van der Waals surface area contributed by atoms with Crippen LogP contribution in [0.15, 0.2) is 72.8 Å². The highest BCUT2D eigenvalue weighted by molar-refractivity contribution is 5.70. The molecule has 3 aromatic rings. The molecule has 3 nitrogen and oxygen atoms in total. The zero-order valence-corrected chi connectivity index (χ0v) is 13.1. The topological polar surface area (TPSA) is 31.2 Å². The van der Waals surface area contributed by atoms with Crippen molar-refractivity contribution >= 4 is 5.97 Å². The van der Waals surface area contributed by atoms with Crippen molar-refractivity contribution in [1.82, 2.24) is 4.73 Å². The molecule has 1 heterocycles. The number of rotatable bonds is 5. The Bertz CT molecular complexity index is 776. The molecule has 0 radical (unpaired) electrons. The van der Waals surface area contributed by atoms with Crippen LogP contribution >= 0.6 is 0 Å². The van der Waals surface area contributed by atoms with Crippen molar-refractivity contribution in [3.8, 4) is 11.3 Å². The van der Waals surface area contributed by atoms with Crippen LogP contribution in [0.1, 0.15) is 24.6 Å². The van der Waals surface area contributed by atoms with Crippen LogP contribution in [0.25, 0.3) is 11.3 Å². The Hall–Kier alpha value is -2.81. The van der Waals surface area contributed by atoms with Gasteiger partial charge in [0.25, 0.3) is 0 Å². The van der Waals surface area contributed by atoms with E-state index in [2.05, 4.69) is 12.1 Å². The Morgan fingerprint density at radius 3 is 2.22 bits per heavy atom. The van der Waals surface area contributed by atoms with E-state index >= 15 is 0 Å². The molecule has 0 amide bonds.